The molecule has 1 fully saturated rings. The van der Waals surface area contributed by atoms with Crippen LogP contribution in [0.25, 0.3) is 0 Å². The molecule has 1 aliphatic rings. The molecule has 2 heterocycles. The topological polar surface area (TPSA) is 68.0 Å². The van der Waals surface area contributed by atoms with Crippen molar-refractivity contribution in [2.75, 3.05) is 16.8 Å². The summed E-state index contributed by atoms with van der Waals surface area (Å²) in [5.41, 5.74) is 6.19. The van der Waals surface area contributed by atoms with Crippen LogP contribution < -0.4 is 11.1 Å². The Morgan fingerprint density at radius 1 is 1.50 bits per heavy atom. The van der Waals surface area contributed by atoms with Crippen LogP contribution in [-0.4, -0.2) is 21.9 Å². The Kier molecular flexibility index (Phi) is 3.66. The van der Waals surface area contributed by atoms with Crippen LogP contribution in [-0.2, 0) is 4.79 Å². The molecule has 0 aliphatic carbocycles. The summed E-state index contributed by atoms with van der Waals surface area (Å²) in [6, 6.07) is 3.46. The van der Waals surface area contributed by atoms with Crippen LogP contribution in [0, 0.1) is 0 Å². The third-order valence-corrected chi connectivity index (χ3v) is 3.90. The van der Waals surface area contributed by atoms with Gasteiger partial charge < -0.3 is 11.1 Å². The van der Waals surface area contributed by atoms with E-state index in [1.165, 1.54) is 6.42 Å². The molecule has 1 saturated heterocycles. The monoisotopic (exact) mass is 237 g/mol. The van der Waals surface area contributed by atoms with Crippen molar-refractivity contribution in [2.45, 2.75) is 24.5 Å². The van der Waals surface area contributed by atoms with Gasteiger partial charge in [-0.05, 0) is 30.7 Å². The van der Waals surface area contributed by atoms with Crippen molar-refractivity contribution in [3.8, 4) is 0 Å². The van der Waals surface area contributed by atoms with Gasteiger partial charge in [0, 0.05) is 0 Å². The van der Waals surface area contributed by atoms with Gasteiger partial charge in [-0.1, -0.05) is 6.42 Å². The molecule has 5 heteroatoms. The largest absolute Gasteiger partial charge is 0.384 e. The van der Waals surface area contributed by atoms with Crippen molar-refractivity contribution < 1.29 is 4.79 Å². The van der Waals surface area contributed by atoms with Gasteiger partial charge in [-0.2, -0.15) is 0 Å². The van der Waals surface area contributed by atoms with E-state index in [1.54, 1.807) is 30.1 Å². The zero-order valence-electron chi connectivity index (χ0n) is 8.98. The van der Waals surface area contributed by atoms with E-state index < -0.39 is 0 Å². The number of thioether (sulfide) groups is 1. The maximum atomic E-state index is 11.9. The number of amides is 1. The Labute approximate surface area is 99.0 Å². The second kappa shape index (κ2) is 5.21. The van der Waals surface area contributed by atoms with Crippen LogP contribution >= 0.6 is 11.8 Å². The quantitative estimate of drug-likeness (QED) is 0.824. The Balaban J connectivity index is 1.93. The van der Waals surface area contributed by atoms with Gasteiger partial charge in [0.15, 0.2) is 0 Å². The molecule has 0 saturated carbocycles. The molecule has 0 radical (unpaired) electrons. The zero-order valence-corrected chi connectivity index (χ0v) is 9.80. The number of nitrogen functional groups attached to an aromatic ring is 1. The molecule has 1 aromatic rings. The number of nitrogens with zero attached hydrogens (tertiary/aromatic N) is 1. The lowest BCUT2D eigenvalue weighted by Gasteiger charge is -2.20. The highest BCUT2D eigenvalue weighted by Crippen LogP contribution is 2.26. The van der Waals surface area contributed by atoms with Gasteiger partial charge in [0.1, 0.15) is 5.82 Å². The molecular formula is C11H15N3OS. The SMILES string of the molecule is Nc1ccc(NC(=O)C2CCCCS2)cn1. The van der Waals surface area contributed by atoms with Crippen molar-refractivity contribution in [3.05, 3.63) is 18.3 Å². The minimum absolute atomic E-state index is 0.0799. The number of nitrogens with one attached hydrogen (secondary N) is 1. The van der Waals surface area contributed by atoms with Gasteiger partial charge in [-0.3, -0.25) is 4.79 Å². The molecule has 16 heavy (non-hydrogen) atoms. The molecule has 0 aromatic carbocycles. The van der Waals surface area contributed by atoms with Gasteiger partial charge in [0.05, 0.1) is 17.1 Å². The molecule has 86 valence electrons. The number of aromatic nitrogens is 1. The first-order valence-corrected chi connectivity index (χ1v) is 6.44. The van der Waals surface area contributed by atoms with Gasteiger partial charge in [-0.15, -0.1) is 11.8 Å². The maximum Gasteiger partial charge on any atom is 0.237 e. The number of hydrogen-bond acceptors (Lipinski definition) is 4. The first kappa shape index (κ1) is 11.3. The van der Waals surface area contributed by atoms with E-state index in [-0.39, 0.29) is 11.2 Å². The second-order valence-electron chi connectivity index (χ2n) is 3.82. The number of carbonyl (C=O) groups is 1. The highest BCUT2D eigenvalue weighted by molar-refractivity contribution is 8.00. The molecule has 1 atom stereocenters. The van der Waals surface area contributed by atoms with E-state index in [2.05, 4.69) is 10.3 Å². The summed E-state index contributed by atoms with van der Waals surface area (Å²) in [5.74, 6) is 1.62. The smallest absolute Gasteiger partial charge is 0.237 e. The predicted molar refractivity (Wildman–Crippen MR) is 67.4 cm³/mol. The van der Waals surface area contributed by atoms with Crippen molar-refractivity contribution in [1.29, 1.82) is 0 Å². The second-order valence-corrected chi connectivity index (χ2v) is 5.13. The van der Waals surface area contributed by atoms with Crippen molar-refractivity contribution in [3.63, 3.8) is 0 Å². The number of nitrogens with two attached hydrogens (primary N) is 1. The average molecular weight is 237 g/mol. The predicted octanol–water partition coefficient (Wildman–Crippen LogP) is 1.89. The molecule has 3 N–H and O–H groups in total. The number of pyridine rings is 1. The summed E-state index contributed by atoms with van der Waals surface area (Å²) in [6.45, 7) is 0. The van der Waals surface area contributed by atoms with E-state index in [9.17, 15) is 4.79 Å². The minimum atomic E-state index is 0.0799. The van der Waals surface area contributed by atoms with E-state index in [0.717, 1.165) is 18.6 Å². The average Bonchev–Trinajstić information content (AvgIpc) is 2.33. The van der Waals surface area contributed by atoms with Crippen molar-refractivity contribution in [2.24, 2.45) is 0 Å². The van der Waals surface area contributed by atoms with Crippen LogP contribution in [0.2, 0.25) is 0 Å². The number of rotatable bonds is 2. The lowest BCUT2D eigenvalue weighted by molar-refractivity contribution is -0.115. The summed E-state index contributed by atoms with van der Waals surface area (Å²) < 4.78 is 0. The lowest BCUT2D eigenvalue weighted by Crippen LogP contribution is -2.27. The summed E-state index contributed by atoms with van der Waals surface area (Å²) >= 11 is 1.74. The summed E-state index contributed by atoms with van der Waals surface area (Å²) in [7, 11) is 0. The third-order valence-electron chi connectivity index (χ3n) is 2.53. The fourth-order valence-corrected chi connectivity index (χ4v) is 2.85. The molecule has 2 rings (SSSR count). The molecule has 0 spiro atoms. The highest BCUT2D eigenvalue weighted by Gasteiger charge is 2.21. The van der Waals surface area contributed by atoms with Crippen LogP contribution in [0.4, 0.5) is 11.5 Å². The van der Waals surface area contributed by atoms with E-state index in [4.69, 9.17) is 5.73 Å². The summed E-state index contributed by atoms with van der Waals surface area (Å²) in [6.07, 6.45) is 4.92. The first-order valence-electron chi connectivity index (χ1n) is 5.40. The Morgan fingerprint density at radius 2 is 2.38 bits per heavy atom. The summed E-state index contributed by atoms with van der Waals surface area (Å²) in [4.78, 5) is 15.8. The molecular weight excluding hydrogens is 222 g/mol. The Bertz CT molecular complexity index is 360. The number of anilines is 2. The lowest BCUT2D eigenvalue weighted by atomic mass is 10.2. The molecule has 1 unspecified atom stereocenters. The summed E-state index contributed by atoms with van der Waals surface area (Å²) in [5, 5.41) is 2.95. The highest BCUT2D eigenvalue weighted by atomic mass is 32.2. The Morgan fingerprint density at radius 3 is 3.00 bits per heavy atom. The standard InChI is InChI=1S/C11H15N3OS/c12-10-5-4-8(7-13-10)14-11(15)9-3-1-2-6-16-9/h4-5,7,9H,1-3,6H2,(H2,12,13)(H,14,15). The van der Waals surface area contributed by atoms with Gasteiger partial charge in [0.25, 0.3) is 0 Å². The van der Waals surface area contributed by atoms with E-state index in [0.29, 0.717) is 11.5 Å². The zero-order chi connectivity index (χ0) is 11.4. The molecule has 1 aliphatic heterocycles. The van der Waals surface area contributed by atoms with Crippen molar-refractivity contribution >= 4 is 29.2 Å². The number of hydrogen-bond donors (Lipinski definition) is 2. The van der Waals surface area contributed by atoms with Gasteiger partial charge >= 0.3 is 0 Å². The van der Waals surface area contributed by atoms with Crippen LogP contribution in [0.15, 0.2) is 18.3 Å². The maximum absolute atomic E-state index is 11.9. The van der Waals surface area contributed by atoms with Crippen molar-refractivity contribution in [1.82, 2.24) is 4.98 Å². The van der Waals surface area contributed by atoms with Gasteiger partial charge in [0.2, 0.25) is 5.91 Å². The van der Waals surface area contributed by atoms with Gasteiger partial charge in [-0.25, -0.2) is 4.98 Å². The van der Waals surface area contributed by atoms with Crippen LogP contribution in [0.1, 0.15) is 19.3 Å². The first-order chi connectivity index (χ1) is 7.75. The van der Waals surface area contributed by atoms with E-state index >= 15 is 0 Å². The van der Waals surface area contributed by atoms with E-state index in [1.807, 2.05) is 0 Å². The fourth-order valence-electron chi connectivity index (χ4n) is 1.65. The minimum Gasteiger partial charge on any atom is -0.384 e. The fraction of sp³-hybridized carbons (Fsp3) is 0.455. The molecule has 4 nitrogen and oxygen atoms in total. The molecule has 1 amide bonds. The van der Waals surface area contributed by atoms with Crippen LogP contribution in [0.3, 0.4) is 0 Å². The van der Waals surface area contributed by atoms with Crippen LogP contribution in [0.5, 0.6) is 0 Å². The Hall–Kier alpha value is -1.23. The third kappa shape index (κ3) is 2.88. The molecule has 0 bridgehead atoms. The molecule has 1 aromatic heterocycles. The number of carbonyl (C=O) groups excluding carboxylic acids is 1. The normalized spacial score (nSPS) is 20.4.